The fraction of sp³-hybridized carbons (Fsp3) is 0.708. The second kappa shape index (κ2) is 13.1. The highest BCUT2D eigenvalue weighted by atomic mass is 35.5. The molecule has 0 bridgehead atoms. The minimum Gasteiger partial charge on any atom is -0.353 e. The van der Waals surface area contributed by atoms with E-state index in [9.17, 15) is 19.6 Å². The van der Waals surface area contributed by atoms with Crippen LogP contribution in [0.1, 0.15) is 58.8 Å². The molecule has 1 aromatic rings. The highest BCUT2D eigenvalue weighted by Crippen LogP contribution is 2.36. The first-order valence-corrected chi connectivity index (χ1v) is 13.0. The molecule has 4 unspecified atom stereocenters. The summed E-state index contributed by atoms with van der Waals surface area (Å²) in [7, 11) is 0. The molecule has 1 aromatic heterocycles. The summed E-state index contributed by atoms with van der Waals surface area (Å²) in [5.41, 5.74) is 4.96. The molecule has 2 aliphatic rings. The number of carbonyl (C=O) groups is 3. The molecule has 2 heterocycles. The monoisotopic (exact) mass is 526 g/mol. The second-order valence-electron chi connectivity index (χ2n) is 10.0. The van der Waals surface area contributed by atoms with E-state index in [4.69, 9.17) is 11.6 Å². The van der Waals surface area contributed by atoms with E-state index in [2.05, 4.69) is 20.8 Å². The van der Waals surface area contributed by atoms with Crippen molar-refractivity contribution in [2.24, 2.45) is 29.6 Å². The molecule has 0 radical (unpaired) electrons. The van der Waals surface area contributed by atoms with Crippen molar-refractivity contribution in [2.45, 2.75) is 58.8 Å². The van der Waals surface area contributed by atoms with Crippen molar-refractivity contribution < 1.29 is 24.0 Å². The lowest BCUT2D eigenvalue weighted by atomic mass is 9.83. The Hall–Kier alpha value is -2.53. The van der Waals surface area contributed by atoms with Crippen molar-refractivity contribution in [1.82, 2.24) is 20.5 Å². The van der Waals surface area contributed by atoms with Crippen LogP contribution in [0.4, 0.5) is 16.0 Å². The maximum Gasteiger partial charge on any atom is 0.243 e. The van der Waals surface area contributed by atoms with Gasteiger partial charge in [-0.1, -0.05) is 46.0 Å². The summed E-state index contributed by atoms with van der Waals surface area (Å²) in [4.78, 5) is 45.1. The standard InChI is InChI=1S/C24H36ClFN6O4/c1-3-6-17(13-33)19-12-31(10-15(19)2)22-20(26)21(27-24(25)28-22)29-30-23(35)18(11-32(36)14-34)9-16-7-4-5-8-16/h13-19,36H,3-12H2,1-2H3,(H,30,35)(H,27,28,29). The summed E-state index contributed by atoms with van der Waals surface area (Å²) in [5.74, 6) is -1.79. The molecule has 12 heteroatoms. The van der Waals surface area contributed by atoms with Crippen LogP contribution in [-0.2, 0) is 14.4 Å². The summed E-state index contributed by atoms with van der Waals surface area (Å²) in [6.07, 6.45) is 7.54. The molecular weight excluding hydrogens is 491 g/mol. The van der Waals surface area contributed by atoms with Crippen LogP contribution >= 0.6 is 11.6 Å². The second-order valence-corrected chi connectivity index (χ2v) is 10.4. The smallest absolute Gasteiger partial charge is 0.243 e. The van der Waals surface area contributed by atoms with Gasteiger partial charge >= 0.3 is 0 Å². The molecule has 36 heavy (non-hydrogen) atoms. The Morgan fingerprint density at radius 3 is 2.67 bits per heavy atom. The Morgan fingerprint density at radius 1 is 1.31 bits per heavy atom. The van der Waals surface area contributed by atoms with Gasteiger partial charge in [-0.05, 0) is 42.2 Å². The van der Waals surface area contributed by atoms with Crippen LogP contribution in [-0.4, -0.2) is 58.5 Å². The normalized spacial score (nSPS) is 21.8. The molecule has 1 aliphatic carbocycles. The van der Waals surface area contributed by atoms with E-state index in [-0.39, 0.29) is 47.6 Å². The van der Waals surface area contributed by atoms with Gasteiger partial charge in [-0.3, -0.25) is 25.6 Å². The van der Waals surface area contributed by atoms with E-state index in [0.717, 1.165) is 44.8 Å². The largest absolute Gasteiger partial charge is 0.353 e. The van der Waals surface area contributed by atoms with Crippen molar-refractivity contribution in [3.63, 3.8) is 0 Å². The number of halogens is 2. The fourth-order valence-corrected chi connectivity index (χ4v) is 5.71. The van der Waals surface area contributed by atoms with Gasteiger partial charge in [0.05, 0.1) is 12.5 Å². The van der Waals surface area contributed by atoms with E-state index >= 15 is 4.39 Å². The van der Waals surface area contributed by atoms with Crippen molar-refractivity contribution in [3.8, 4) is 0 Å². The number of hydrogen-bond acceptors (Lipinski definition) is 8. The molecule has 4 atom stereocenters. The van der Waals surface area contributed by atoms with Crippen molar-refractivity contribution in [1.29, 1.82) is 0 Å². The number of rotatable bonds is 13. The van der Waals surface area contributed by atoms with Gasteiger partial charge < -0.3 is 9.69 Å². The van der Waals surface area contributed by atoms with E-state index < -0.39 is 17.6 Å². The molecule has 1 aliphatic heterocycles. The quantitative estimate of drug-likeness (QED) is 0.154. The summed E-state index contributed by atoms with van der Waals surface area (Å²) < 4.78 is 15.4. The highest BCUT2D eigenvalue weighted by Gasteiger charge is 2.37. The number of nitrogens with one attached hydrogen (secondary N) is 2. The summed E-state index contributed by atoms with van der Waals surface area (Å²) in [6.45, 7) is 4.86. The fourth-order valence-electron chi connectivity index (χ4n) is 5.54. The molecule has 0 spiro atoms. The molecule has 200 valence electrons. The average molecular weight is 527 g/mol. The predicted octanol–water partition coefficient (Wildman–Crippen LogP) is 3.44. The molecule has 2 amide bonds. The van der Waals surface area contributed by atoms with E-state index in [1.54, 1.807) is 4.90 Å². The lowest BCUT2D eigenvalue weighted by molar-refractivity contribution is -0.154. The number of hydrogen-bond donors (Lipinski definition) is 3. The van der Waals surface area contributed by atoms with Crippen LogP contribution in [0.3, 0.4) is 0 Å². The Bertz CT molecular complexity index is 919. The number of anilines is 2. The number of hydrazine groups is 1. The van der Waals surface area contributed by atoms with Gasteiger partial charge in [-0.25, -0.2) is 5.06 Å². The first kappa shape index (κ1) is 28.0. The summed E-state index contributed by atoms with van der Waals surface area (Å²) >= 11 is 6.09. The van der Waals surface area contributed by atoms with Gasteiger partial charge in [0.25, 0.3) is 0 Å². The van der Waals surface area contributed by atoms with Gasteiger partial charge in [0.1, 0.15) is 6.29 Å². The third-order valence-electron chi connectivity index (χ3n) is 7.42. The number of aromatic nitrogens is 2. The molecule has 3 N–H and O–H groups in total. The maximum absolute atomic E-state index is 15.4. The molecule has 2 fully saturated rings. The third kappa shape index (κ3) is 7.03. The Morgan fingerprint density at radius 2 is 2.03 bits per heavy atom. The molecule has 0 aromatic carbocycles. The van der Waals surface area contributed by atoms with Crippen LogP contribution in [0.25, 0.3) is 0 Å². The number of carbonyl (C=O) groups excluding carboxylic acids is 3. The minimum absolute atomic E-state index is 0.00670. The van der Waals surface area contributed by atoms with Gasteiger partial charge in [0.15, 0.2) is 11.6 Å². The van der Waals surface area contributed by atoms with Crippen molar-refractivity contribution in [2.75, 3.05) is 30.0 Å². The van der Waals surface area contributed by atoms with Gasteiger partial charge in [0, 0.05) is 19.0 Å². The van der Waals surface area contributed by atoms with Gasteiger partial charge in [0.2, 0.25) is 23.4 Å². The summed E-state index contributed by atoms with van der Waals surface area (Å²) in [5, 5.41) is 9.90. The van der Waals surface area contributed by atoms with E-state index in [1.165, 1.54) is 0 Å². The van der Waals surface area contributed by atoms with Crippen molar-refractivity contribution >= 4 is 41.8 Å². The summed E-state index contributed by atoms with van der Waals surface area (Å²) in [6, 6.07) is 0. The number of aldehydes is 1. The van der Waals surface area contributed by atoms with Crippen LogP contribution in [0.2, 0.25) is 5.28 Å². The number of amides is 2. The Labute approximate surface area is 215 Å². The van der Waals surface area contributed by atoms with Crippen LogP contribution in [0, 0.1) is 35.4 Å². The van der Waals surface area contributed by atoms with Crippen LogP contribution < -0.4 is 15.8 Å². The lowest BCUT2D eigenvalue weighted by Gasteiger charge is -2.23. The molecule has 3 rings (SSSR count). The van der Waals surface area contributed by atoms with Crippen LogP contribution in [0.5, 0.6) is 0 Å². The number of hydroxylamine groups is 2. The Kier molecular flexibility index (Phi) is 10.2. The van der Waals surface area contributed by atoms with Gasteiger partial charge in [-0.15, -0.1) is 0 Å². The zero-order valence-electron chi connectivity index (χ0n) is 20.8. The maximum atomic E-state index is 15.4. The molecule has 1 saturated heterocycles. The third-order valence-corrected chi connectivity index (χ3v) is 7.59. The highest BCUT2D eigenvalue weighted by molar-refractivity contribution is 6.28. The number of nitrogens with zero attached hydrogens (tertiary/aromatic N) is 4. The Balaban J connectivity index is 1.71. The zero-order chi connectivity index (χ0) is 26.2. The average Bonchev–Trinajstić information content (AvgIpc) is 3.51. The first-order chi connectivity index (χ1) is 17.3. The minimum atomic E-state index is -0.769. The van der Waals surface area contributed by atoms with E-state index in [1.807, 2.05) is 13.8 Å². The zero-order valence-corrected chi connectivity index (χ0v) is 21.6. The molecule has 1 saturated carbocycles. The molecule has 10 nitrogen and oxygen atoms in total. The predicted molar refractivity (Wildman–Crippen MR) is 133 cm³/mol. The lowest BCUT2D eigenvalue weighted by Crippen LogP contribution is -2.41. The van der Waals surface area contributed by atoms with Crippen molar-refractivity contribution in [3.05, 3.63) is 11.1 Å². The first-order valence-electron chi connectivity index (χ1n) is 12.7. The van der Waals surface area contributed by atoms with Gasteiger partial charge in [-0.2, -0.15) is 14.4 Å². The van der Waals surface area contributed by atoms with Crippen LogP contribution in [0.15, 0.2) is 0 Å². The topological polar surface area (TPSA) is 128 Å². The SMILES string of the molecule is CCCC(C=O)C1CN(c2nc(Cl)nc(NNC(=O)C(CC3CCCC3)CN(O)C=O)c2F)CC1C. The van der Waals surface area contributed by atoms with E-state index in [0.29, 0.717) is 30.5 Å². The molecular formula is C24H36ClFN6O4.